The third kappa shape index (κ3) is 6.61. The van der Waals surface area contributed by atoms with Gasteiger partial charge in [-0.05, 0) is 41.6 Å². The molecule has 182 valence electrons. The molecule has 2 N–H and O–H groups in total. The normalized spacial score (nSPS) is 13.0. The Morgan fingerprint density at radius 1 is 1.12 bits per heavy atom. The zero-order valence-electron chi connectivity index (χ0n) is 18.1. The SMILES string of the molecule is CC(C(=O)NCc1ccc(C(F)(F)F)nc1-c1cccs1)c1ccc(CNS(C)(=O)=O)c(F)c1. The lowest BCUT2D eigenvalue weighted by Gasteiger charge is -2.16. The second-order valence-corrected chi connectivity index (χ2v) is 10.3. The molecule has 3 rings (SSSR count). The van der Waals surface area contributed by atoms with Crippen LogP contribution in [-0.4, -0.2) is 25.6 Å². The first-order chi connectivity index (χ1) is 15.8. The van der Waals surface area contributed by atoms with E-state index >= 15 is 0 Å². The van der Waals surface area contributed by atoms with Crippen molar-refractivity contribution in [1.29, 1.82) is 0 Å². The number of sulfonamides is 1. The predicted octanol–water partition coefficient (Wildman–Crippen LogP) is 4.44. The molecular formula is C22H21F4N3O3S2. The van der Waals surface area contributed by atoms with Gasteiger partial charge < -0.3 is 5.32 Å². The number of carbonyl (C=O) groups excluding carboxylic acids is 1. The van der Waals surface area contributed by atoms with E-state index in [1.54, 1.807) is 24.4 Å². The van der Waals surface area contributed by atoms with Crippen molar-refractivity contribution in [3.63, 3.8) is 0 Å². The van der Waals surface area contributed by atoms with Crippen molar-refractivity contribution in [2.75, 3.05) is 6.26 Å². The first-order valence-electron chi connectivity index (χ1n) is 9.97. The van der Waals surface area contributed by atoms with E-state index < -0.39 is 39.5 Å². The van der Waals surface area contributed by atoms with Crippen molar-refractivity contribution in [3.05, 3.63) is 76.0 Å². The monoisotopic (exact) mass is 515 g/mol. The lowest BCUT2D eigenvalue weighted by molar-refractivity contribution is -0.141. The minimum Gasteiger partial charge on any atom is -0.351 e. The third-order valence-corrected chi connectivity index (χ3v) is 6.52. The molecule has 6 nitrogen and oxygen atoms in total. The Balaban J connectivity index is 1.74. The van der Waals surface area contributed by atoms with Crippen LogP contribution in [0.25, 0.3) is 10.6 Å². The highest BCUT2D eigenvalue weighted by molar-refractivity contribution is 7.88. The van der Waals surface area contributed by atoms with Crippen molar-refractivity contribution in [3.8, 4) is 10.6 Å². The largest absolute Gasteiger partial charge is 0.433 e. The minimum absolute atomic E-state index is 0.0691. The van der Waals surface area contributed by atoms with E-state index in [9.17, 15) is 30.8 Å². The molecule has 0 radical (unpaired) electrons. The summed E-state index contributed by atoms with van der Waals surface area (Å²) in [5.74, 6) is -1.89. The zero-order valence-corrected chi connectivity index (χ0v) is 19.7. The molecule has 1 amide bonds. The number of pyridine rings is 1. The van der Waals surface area contributed by atoms with Crippen LogP contribution < -0.4 is 10.0 Å². The highest BCUT2D eigenvalue weighted by Gasteiger charge is 2.33. The van der Waals surface area contributed by atoms with Crippen molar-refractivity contribution >= 4 is 27.3 Å². The van der Waals surface area contributed by atoms with Crippen LogP contribution in [0.15, 0.2) is 47.8 Å². The number of alkyl halides is 3. The Morgan fingerprint density at radius 3 is 2.41 bits per heavy atom. The van der Waals surface area contributed by atoms with Gasteiger partial charge in [0.15, 0.2) is 0 Å². The Kier molecular flexibility index (Phi) is 7.74. The standard InChI is InChI=1S/C22H21F4N3O3S2/c1-13(14-5-6-15(17(23)10-14)12-28-34(2,31)32)21(30)27-11-16-7-8-19(22(24,25)26)29-20(16)18-4-3-9-33-18/h3-10,13,28H,11-12H2,1-2H3,(H,27,30). The van der Waals surface area contributed by atoms with Crippen molar-refractivity contribution in [2.45, 2.75) is 32.1 Å². The molecule has 1 aromatic carbocycles. The van der Waals surface area contributed by atoms with Crippen LogP contribution in [0.5, 0.6) is 0 Å². The molecule has 0 fully saturated rings. The molecule has 12 heteroatoms. The second-order valence-electron chi connectivity index (χ2n) is 7.56. The number of thiophene rings is 1. The van der Waals surface area contributed by atoms with E-state index in [4.69, 9.17) is 0 Å². The van der Waals surface area contributed by atoms with Crippen LogP contribution >= 0.6 is 11.3 Å². The number of nitrogens with one attached hydrogen (secondary N) is 2. The molecule has 1 atom stereocenters. The van der Waals surface area contributed by atoms with E-state index in [1.165, 1.54) is 29.5 Å². The fraction of sp³-hybridized carbons (Fsp3) is 0.273. The molecule has 3 aromatic rings. The molecule has 0 spiro atoms. The lowest BCUT2D eigenvalue weighted by atomic mass is 9.98. The fourth-order valence-corrected chi connectivity index (χ4v) is 4.25. The van der Waals surface area contributed by atoms with Crippen LogP contribution in [0.4, 0.5) is 17.6 Å². The maximum atomic E-state index is 14.4. The molecule has 1 unspecified atom stereocenters. The topological polar surface area (TPSA) is 88.2 Å². The lowest BCUT2D eigenvalue weighted by Crippen LogP contribution is -2.28. The number of carbonyl (C=O) groups is 1. The highest BCUT2D eigenvalue weighted by Crippen LogP contribution is 2.33. The van der Waals surface area contributed by atoms with Crippen LogP contribution in [-0.2, 0) is 34.1 Å². The summed E-state index contributed by atoms with van der Waals surface area (Å²) in [4.78, 5) is 17.0. The number of hydrogen-bond donors (Lipinski definition) is 2. The van der Waals surface area contributed by atoms with E-state index in [2.05, 4.69) is 15.0 Å². The van der Waals surface area contributed by atoms with E-state index in [-0.39, 0.29) is 24.3 Å². The average Bonchev–Trinajstić information content (AvgIpc) is 3.29. The maximum Gasteiger partial charge on any atom is 0.433 e. The summed E-state index contributed by atoms with van der Waals surface area (Å²) in [5.41, 5.74) is -0.00321. The number of nitrogens with zero attached hydrogens (tertiary/aromatic N) is 1. The molecule has 0 saturated heterocycles. The molecular weight excluding hydrogens is 494 g/mol. The van der Waals surface area contributed by atoms with Gasteiger partial charge in [0.2, 0.25) is 15.9 Å². The van der Waals surface area contributed by atoms with E-state index in [1.807, 2.05) is 0 Å². The quantitative estimate of drug-likeness (QED) is 0.435. The van der Waals surface area contributed by atoms with Gasteiger partial charge in [0.05, 0.1) is 22.7 Å². The summed E-state index contributed by atoms with van der Waals surface area (Å²) < 4.78 is 78.3. The van der Waals surface area contributed by atoms with Gasteiger partial charge >= 0.3 is 6.18 Å². The first-order valence-corrected chi connectivity index (χ1v) is 12.7. The Hall–Kier alpha value is -2.83. The van der Waals surface area contributed by atoms with Crippen molar-refractivity contribution < 1.29 is 30.8 Å². The molecule has 0 bridgehead atoms. The van der Waals surface area contributed by atoms with Gasteiger partial charge in [0.1, 0.15) is 11.5 Å². The third-order valence-electron chi connectivity index (χ3n) is 4.97. The van der Waals surface area contributed by atoms with Crippen molar-refractivity contribution in [1.82, 2.24) is 15.0 Å². The molecule has 2 aromatic heterocycles. The smallest absolute Gasteiger partial charge is 0.351 e. The van der Waals surface area contributed by atoms with Gasteiger partial charge in [-0.2, -0.15) is 13.2 Å². The maximum absolute atomic E-state index is 14.4. The van der Waals surface area contributed by atoms with E-state index in [0.29, 0.717) is 16.0 Å². The summed E-state index contributed by atoms with van der Waals surface area (Å²) in [6.07, 6.45) is -3.64. The van der Waals surface area contributed by atoms with Gasteiger partial charge in [-0.25, -0.2) is 22.5 Å². The summed E-state index contributed by atoms with van der Waals surface area (Å²) >= 11 is 1.23. The van der Waals surface area contributed by atoms with Crippen LogP contribution in [0.1, 0.15) is 35.2 Å². The highest BCUT2D eigenvalue weighted by atomic mass is 32.2. The Morgan fingerprint density at radius 2 is 1.82 bits per heavy atom. The molecule has 0 aliphatic rings. The van der Waals surface area contributed by atoms with E-state index in [0.717, 1.165) is 18.4 Å². The number of rotatable bonds is 8. The number of benzene rings is 1. The van der Waals surface area contributed by atoms with Crippen LogP contribution in [0.2, 0.25) is 0 Å². The summed E-state index contributed by atoms with van der Waals surface area (Å²) in [7, 11) is -3.49. The molecule has 2 heterocycles. The first kappa shape index (κ1) is 25.8. The number of amides is 1. The van der Waals surface area contributed by atoms with Gasteiger partial charge in [-0.3, -0.25) is 4.79 Å². The average molecular weight is 516 g/mol. The second kappa shape index (κ2) is 10.2. The minimum atomic E-state index is -4.60. The summed E-state index contributed by atoms with van der Waals surface area (Å²) in [5, 5.41) is 4.38. The van der Waals surface area contributed by atoms with Gasteiger partial charge in [-0.1, -0.05) is 24.3 Å². The molecule has 0 aliphatic carbocycles. The molecule has 34 heavy (non-hydrogen) atoms. The van der Waals surface area contributed by atoms with Gasteiger partial charge in [-0.15, -0.1) is 11.3 Å². The van der Waals surface area contributed by atoms with Crippen LogP contribution in [0.3, 0.4) is 0 Å². The van der Waals surface area contributed by atoms with Gasteiger partial charge in [0, 0.05) is 18.7 Å². The van der Waals surface area contributed by atoms with Crippen molar-refractivity contribution in [2.24, 2.45) is 0 Å². The summed E-state index contributed by atoms with van der Waals surface area (Å²) in [6.45, 7) is 1.27. The number of aromatic nitrogens is 1. The zero-order chi connectivity index (χ0) is 25.1. The molecule has 0 aliphatic heterocycles. The predicted molar refractivity (Wildman–Crippen MR) is 121 cm³/mol. The molecule has 0 saturated carbocycles. The Labute approximate surface area is 198 Å². The fourth-order valence-electron chi connectivity index (χ4n) is 3.09. The summed E-state index contributed by atoms with van der Waals surface area (Å²) in [6, 6.07) is 9.53. The number of halogens is 4. The van der Waals surface area contributed by atoms with Gasteiger partial charge in [0.25, 0.3) is 0 Å². The number of hydrogen-bond acceptors (Lipinski definition) is 5. The Bertz CT molecular complexity index is 1280. The van der Waals surface area contributed by atoms with Crippen LogP contribution in [0, 0.1) is 5.82 Å².